The molecular formula is C21H22ClF2N3O3. The van der Waals surface area contributed by atoms with Gasteiger partial charge in [0.05, 0.1) is 17.9 Å². The lowest BCUT2D eigenvalue weighted by atomic mass is 9.90. The average Bonchev–Trinajstić information content (AvgIpc) is 3.48. The summed E-state index contributed by atoms with van der Waals surface area (Å²) >= 11 is 5.92. The summed E-state index contributed by atoms with van der Waals surface area (Å²) in [4.78, 5) is 38.5. The van der Waals surface area contributed by atoms with Gasteiger partial charge in [-0.05, 0) is 30.5 Å². The molecule has 2 fully saturated rings. The highest BCUT2D eigenvalue weighted by molar-refractivity contribution is 6.30. The number of rotatable bonds is 6. The molecule has 9 heteroatoms. The molecule has 160 valence electrons. The number of carbonyl (C=O) groups is 3. The smallest absolute Gasteiger partial charge is 0.252 e. The second kappa shape index (κ2) is 8.23. The van der Waals surface area contributed by atoms with Crippen LogP contribution < -0.4 is 11.1 Å². The van der Waals surface area contributed by atoms with Crippen molar-refractivity contribution in [2.75, 3.05) is 6.54 Å². The first-order chi connectivity index (χ1) is 14.1. The first-order valence-electron chi connectivity index (χ1n) is 9.58. The largest absolute Gasteiger partial charge is 0.370 e. The Labute approximate surface area is 178 Å². The van der Waals surface area contributed by atoms with Crippen molar-refractivity contribution in [1.29, 1.82) is 0 Å². The SMILES string of the molecule is C#CC(CC(N)=O)NC(=O)[C@@H]1CC(F)(F)CCN1C(=O)C1(c2ccc(Cl)cc2)CC1. The van der Waals surface area contributed by atoms with Crippen molar-refractivity contribution < 1.29 is 23.2 Å². The van der Waals surface area contributed by atoms with E-state index in [9.17, 15) is 23.2 Å². The monoisotopic (exact) mass is 437 g/mol. The van der Waals surface area contributed by atoms with Crippen LogP contribution in [0, 0.1) is 12.3 Å². The number of alkyl halides is 2. The molecule has 1 aromatic carbocycles. The minimum atomic E-state index is -3.09. The number of likely N-dealkylation sites (tertiary alicyclic amines) is 1. The molecule has 3 N–H and O–H groups in total. The van der Waals surface area contributed by atoms with Crippen LogP contribution in [0.15, 0.2) is 24.3 Å². The zero-order valence-corrected chi connectivity index (χ0v) is 16.9. The van der Waals surface area contributed by atoms with Crippen molar-refractivity contribution in [1.82, 2.24) is 10.2 Å². The summed E-state index contributed by atoms with van der Waals surface area (Å²) in [6.07, 6.45) is 4.76. The minimum Gasteiger partial charge on any atom is -0.370 e. The number of piperidine rings is 1. The van der Waals surface area contributed by atoms with E-state index in [0.29, 0.717) is 17.9 Å². The number of nitrogens with one attached hydrogen (secondary N) is 1. The second-order valence-electron chi connectivity index (χ2n) is 7.81. The molecule has 0 spiro atoms. The number of carbonyl (C=O) groups excluding carboxylic acids is 3. The van der Waals surface area contributed by atoms with Crippen LogP contribution in [0.1, 0.15) is 37.7 Å². The van der Waals surface area contributed by atoms with Gasteiger partial charge in [0, 0.05) is 24.4 Å². The lowest BCUT2D eigenvalue weighted by molar-refractivity contribution is -0.154. The van der Waals surface area contributed by atoms with Gasteiger partial charge in [-0.25, -0.2) is 8.78 Å². The summed E-state index contributed by atoms with van der Waals surface area (Å²) in [6.45, 7) is -0.254. The molecule has 30 heavy (non-hydrogen) atoms. The van der Waals surface area contributed by atoms with Crippen molar-refractivity contribution in [2.24, 2.45) is 5.73 Å². The highest BCUT2D eigenvalue weighted by atomic mass is 35.5. The van der Waals surface area contributed by atoms with Crippen molar-refractivity contribution >= 4 is 29.3 Å². The summed E-state index contributed by atoms with van der Waals surface area (Å²) in [6, 6.07) is 4.38. The van der Waals surface area contributed by atoms with Gasteiger partial charge in [0.2, 0.25) is 17.7 Å². The van der Waals surface area contributed by atoms with E-state index in [4.69, 9.17) is 23.8 Å². The molecule has 1 heterocycles. The topological polar surface area (TPSA) is 92.5 Å². The van der Waals surface area contributed by atoms with Crippen LogP contribution in [0.5, 0.6) is 0 Å². The van der Waals surface area contributed by atoms with Crippen LogP contribution in [0.2, 0.25) is 5.02 Å². The van der Waals surface area contributed by atoms with E-state index in [1.54, 1.807) is 24.3 Å². The maximum Gasteiger partial charge on any atom is 0.252 e. The van der Waals surface area contributed by atoms with Gasteiger partial charge in [0.15, 0.2) is 0 Å². The van der Waals surface area contributed by atoms with Crippen LogP contribution >= 0.6 is 11.6 Å². The second-order valence-corrected chi connectivity index (χ2v) is 8.25. The fraction of sp³-hybridized carbons (Fsp3) is 0.476. The van der Waals surface area contributed by atoms with Crippen molar-refractivity contribution in [2.45, 2.75) is 55.5 Å². The number of nitrogens with two attached hydrogens (primary N) is 1. The summed E-state index contributed by atoms with van der Waals surface area (Å²) in [5, 5.41) is 2.91. The molecule has 0 bridgehead atoms. The molecule has 6 nitrogen and oxygen atoms in total. The molecule has 3 rings (SSSR count). The summed E-state index contributed by atoms with van der Waals surface area (Å²) in [7, 11) is 0. The number of benzene rings is 1. The van der Waals surface area contributed by atoms with E-state index in [1.807, 2.05) is 0 Å². The van der Waals surface area contributed by atoms with Crippen molar-refractivity contribution in [3.63, 3.8) is 0 Å². The van der Waals surface area contributed by atoms with Crippen LogP contribution in [0.25, 0.3) is 0 Å². The van der Waals surface area contributed by atoms with E-state index in [0.717, 1.165) is 5.56 Å². The molecule has 1 aliphatic heterocycles. The first kappa shape index (κ1) is 22.0. The van der Waals surface area contributed by atoms with Gasteiger partial charge >= 0.3 is 0 Å². The molecule has 3 amide bonds. The van der Waals surface area contributed by atoms with Gasteiger partial charge in [0.25, 0.3) is 5.92 Å². The first-order valence-corrected chi connectivity index (χ1v) is 9.95. The molecule has 1 aliphatic carbocycles. The molecule has 1 unspecified atom stereocenters. The zero-order chi connectivity index (χ0) is 22.1. The summed E-state index contributed by atoms with van der Waals surface area (Å²) in [5.41, 5.74) is 5.00. The zero-order valence-electron chi connectivity index (χ0n) is 16.2. The Hall–Kier alpha value is -2.66. The molecule has 2 atom stereocenters. The van der Waals surface area contributed by atoms with Gasteiger partial charge < -0.3 is 16.0 Å². The molecule has 1 aromatic rings. The molecule has 1 saturated heterocycles. The Balaban J connectivity index is 1.83. The number of nitrogens with zero attached hydrogens (tertiary/aromatic N) is 1. The van der Waals surface area contributed by atoms with Gasteiger partial charge in [-0.2, -0.15) is 0 Å². The van der Waals surface area contributed by atoms with Crippen LogP contribution in [0.3, 0.4) is 0 Å². The number of halogens is 3. The van der Waals surface area contributed by atoms with E-state index in [1.165, 1.54) is 4.90 Å². The predicted molar refractivity (Wildman–Crippen MR) is 107 cm³/mol. The summed E-state index contributed by atoms with van der Waals surface area (Å²) < 4.78 is 28.2. The molecular weight excluding hydrogens is 416 g/mol. The maximum atomic E-state index is 14.1. The normalized spacial score (nSPS) is 22.5. The lowest BCUT2D eigenvalue weighted by Gasteiger charge is -2.40. The fourth-order valence-electron chi connectivity index (χ4n) is 3.83. The Morgan fingerprint density at radius 3 is 2.43 bits per heavy atom. The van der Waals surface area contributed by atoms with Gasteiger partial charge in [-0.15, -0.1) is 6.42 Å². The van der Waals surface area contributed by atoms with Crippen molar-refractivity contribution in [3.05, 3.63) is 34.9 Å². The van der Waals surface area contributed by atoms with Crippen LogP contribution in [-0.2, 0) is 19.8 Å². The van der Waals surface area contributed by atoms with E-state index in [-0.39, 0.29) is 18.9 Å². The van der Waals surface area contributed by atoms with E-state index < -0.39 is 48.1 Å². The van der Waals surface area contributed by atoms with Crippen LogP contribution in [-0.4, -0.2) is 47.2 Å². The molecule has 0 radical (unpaired) electrons. The third-order valence-corrected chi connectivity index (χ3v) is 5.88. The Morgan fingerprint density at radius 1 is 1.27 bits per heavy atom. The van der Waals surface area contributed by atoms with Crippen LogP contribution in [0.4, 0.5) is 8.78 Å². The lowest BCUT2D eigenvalue weighted by Crippen LogP contribution is -2.59. The fourth-order valence-corrected chi connectivity index (χ4v) is 3.95. The highest BCUT2D eigenvalue weighted by Crippen LogP contribution is 2.51. The Morgan fingerprint density at radius 2 is 1.90 bits per heavy atom. The summed E-state index contributed by atoms with van der Waals surface area (Å²) in [5.74, 6) is -2.81. The number of terminal acetylenes is 1. The van der Waals surface area contributed by atoms with E-state index in [2.05, 4.69) is 11.2 Å². The Bertz CT molecular complexity index is 894. The number of primary amides is 1. The van der Waals surface area contributed by atoms with Gasteiger partial charge in [-0.3, -0.25) is 14.4 Å². The van der Waals surface area contributed by atoms with Gasteiger partial charge in [0.1, 0.15) is 6.04 Å². The molecule has 1 saturated carbocycles. The number of hydrogen-bond acceptors (Lipinski definition) is 3. The third kappa shape index (κ3) is 4.57. The quantitative estimate of drug-likeness (QED) is 0.666. The standard InChI is InChI=1S/C21H22ClF2N3O3/c1-2-15(11-17(25)28)26-18(29)16-12-21(23,24)9-10-27(16)19(30)20(7-8-20)13-3-5-14(22)6-4-13/h1,3-6,15-16H,7-12H2,(H2,25,28)(H,26,29)/t15?,16-/m0/s1. The molecule has 2 aliphatic rings. The molecule has 0 aromatic heterocycles. The average molecular weight is 438 g/mol. The third-order valence-electron chi connectivity index (χ3n) is 5.63. The van der Waals surface area contributed by atoms with Gasteiger partial charge in [-0.1, -0.05) is 29.7 Å². The Kier molecular flexibility index (Phi) is 6.04. The number of amides is 3. The maximum absolute atomic E-state index is 14.1. The highest BCUT2D eigenvalue weighted by Gasteiger charge is 2.56. The minimum absolute atomic E-state index is 0.254. The van der Waals surface area contributed by atoms with E-state index >= 15 is 0 Å². The van der Waals surface area contributed by atoms with Crippen molar-refractivity contribution in [3.8, 4) is 12.3 Å². The predicted octanol–water partition coefficient (Wildman–Crippen LogP) is 1.99. The number of hydrogen-bond donors (Lipinski definition) is 2.